The second-order valence-corrected chi connectivity index (χ2v) is 7.26. The third-order valence-electron chi connectivity index (χ3n) is 5.67. The van der Waals surface area contributed by atoms with Gasteiger partial charge in [0.15, 0.2) is 0 Å². The van der Waals surface area contributed by atoms with Crippen LogP contribution in [0, 0.1) is 5.92 Å². The first-order valence-corrected chi connectivity index (χ1v) is 8.90. The van der Waals surface area contributed by atoms with Crippen molar-refractivity contribution in [1.82, 2.24) is 9.80 Å². The van der Waals surface area contributed by atoms with Crippen LogP contribution < -0.4 is 39.6 Å². The molecule has 3 aliphatic heterocycles. The van der Waals surface area contributed by atoms with Gasteiger partial charge in [-0.25, -0.2) is 4.79 Å². The number of hydrogen-bond acceptors (Lipinski definition) is 5. The third-order valence-corrected chi connectivity index (χ3v) is 5.67. The van der Waals surface area contributed by atoms with Gasteiger partial charge in [0.05, 0.1) is 29.7 Å². The number of fused-ring (bicyclic) bond motifs is 1. The number of carboxylic acid groups (broad SMARTS) is 1. The Morgan fingerprint density at radius 2 is 1.86 bits per heavy atom. The molecule has 142 valence electrons. The van der Waals surface area contributed by atoms with Gasteiger partial charge in [-0.15, -0.1) is 0 Å². The van der Waals surface area contributed by atoms with Crippen LogP contribution in [0.2, 0.25) is 0 Å². The molecule has 0 spiro atoms. The van der Waals surface area contributed by atoms with E-state index in [-0.39, 0.29) is 53.2 Å². The Morgan fingerprint density at radius 1 is 1.21 bits per heavy atom. The van der Waals surface area contributed by atoms with Crippen LogP contribution in [-0.2, 0) is 9.59 Å². The van der Waals surface area contributed by atoms with Crippen LogP contribution >= 0.6 is 0 Å². The van der Waals surface area contributed by atoms with Gasteiger partial charge in [-0.05, 0) is 36.6 Å². The number of carboxylic acids is 1. The normalized spacial score (nSPS) is 24.9. The molecule has 1 N–H and O–H groups in total. The monoisotopic (exact) mass is 393 g/mol. The van der Waals surface area contributed by atoms with Gasteiger partial charge >= 0.3 is 35.6 Å². The maximum Gasteiger partial charge on any atom is 1.00 e. The van der Waals surface area contributed by atoms with Crippen molar-refractivity contribution >= 4 is 29.2 Å². The van der Waals surface area contributed by atoms with Gasteiger partial charge in [-0.3, -0.25) is 9.69 Å². The standard InChI is InChI=1S/C19H21N3O5.Na/c1-10(23)15-14-9-13(16(18(25)26)22(14)17(15)24)11-3-5-12(6-4-11)21-8-7-20(2)19(21)27;/h3-6,10,14-15,23H,7-9H2,1-2H3,(H,25,26);/q;+1/p-1/t10-,14-,15-;/m1./s1. The number of rotatable bonds is 4. The topological polar surface area (TPSA) is 104 Å². The second kappa shape index (κ2) is 7.51. The van der Waals surface area contributed by atoms with Crippen molar-refractivity contribution in [3.63, 3.8) is 0 Å². The molecule has 3 heterocycles. The predicted molar refractivity (Wildman–Crippen MR) is 94.2 cm³/mol. The van der Waals surface area contributed by atoms with Gasteiger partial charge in [0, 0.05) is 25.8 Å². The summed E-state index contributed by atoms with van der Waals surface area (Å²) in [6.45, 7) is 2.79. The van der Waals surface area contributed by atoms with Gasteiger partial charge < -0.3 is 24.8 Å². The van der Waals surface area contributed by atoms with E-state index in [1.807, 2.05) is 0 Å². The number of urea groups is 1. The molecule has 1 aromatic carbocycles. The van der Waals surface area contributed by atoms with Gasteiger partial charge in [0.2, 0.25) is 5.91 Å². The average molecular weight is 393 g/mol. The minimum Gasteiger partial charge on any atom is -0.543 e. The number of amides is 3. The summed E-state index contributed by atoms with van der Waals surface area (Å²) >= 11 is 0. The Labute approximate surface area is 184 Å². The second-order valence-electron chi connectivity index (χ2n) is 7.26. The van der Waals surface area contributed by atoms with Crippen LogP contribution in [0.25, 0.3) is 5.57 Å². The van der Waals surface area contributed by atoms with Crippen LogP contribution in [0.3, 0.4) is 0 Å². The van der Waals surface area contributed by atoms with Crippen molar-refractivity contribution in [2.24, 2.45) is 5.92 Å². The first kappa shape index (κ1) is 20.9. The summed E-state index contributed by atoms with van der Waals surface area (Å²) in [7, 11) is 1.74. The molecule has 8 nitrogen and oxygen atoms in total. The molecule has 0 radical (unpaired) electrons. The molecule has 0 aromatic heterocycles. The molecule has 9 heteroatoms. The van der Waals surface area contributed by atoms with E-state index < -0.39 is 18.0 Å². The molecule has 2 fully saturated rings. The Morgan fingerprint density at radius 3 is 2.36 bits per heavy atom. The van der Waals surface area contributed by atoms with Gasteiger partial charge in [0.25, 0.3) is 0 Å². The third kappa shape index (κ3) is 3.04. The fraction of sp³-hybridized carbons (Fsp3) is 0.421. The van der Waals surface area contributed by atoms with Gasteiger partial charge in [-0.2, -0.15) is 0 Å². The number of carbonyl (C=O) groups excluding carboxylic acids is 3. The number of nitrogens with zero attached hydrogens (tertiary/aromatic N) is 3. The summed E-state index contributed by atoms with van der Waals surface area (Å²) in [6.07, 6.45) is -0.475. The van der Waals surface area contributed by atoms with Crippen molar-refractivity contribution < 1.29 is 54.2 Å². The molecule has 0 unspecified atom stereocenters. The molecule has 0 saturated carbocycles. The molecule has 0 bridgehead atoms. The van der Waals surface area contributed by atoms with Crippen molar-refractivity contribution in [2.45, 2.75) is 25.5 Å². The molecule has 0 aliphatic carbocycles. The Kier molecular flexibility index (Phi) is 5.60. The van der Waals surface area contributed by atoms with Crippen molar-refractivity contribution in [1.29, 1.82) is 0 Å². The van der Waals surface area contributed by atoms with Crippen LogP contribution in [0.4, 0.5) is 10.5 Å². The predicted octanol–water partition coefficient (Wildman–Crippen LogP) is -3.37. The number of carbonyl (C=O) groups is 3. The molecule has 3 atom stereocenters. The summed E-state index contributed by atoms with van der Waals surface area (Å²) in [5.74, 6) is -2.37. The summed E-state index contributed by atoms with van der Waals surface area (Å²) < 4.78 is 0. The van der Waals surface area contributed by atoms with Crippen molar-refractivity contribution in [3.05, 3.63) is 35.5 Å². The van der Waals surface area contributed by atoms with E-state index in [0.717, 1.165) is 5.69 Å². The van der Waals surface area contributed by atoms with E-state index in [2.05, 4.69) is 0 Å². The summed E-state index contributed by atoms with van der Waals surface area (Å²) in [5.41, 5.74) is 1.81. The van der Waals surface area contributed by atoms with Crippen LogP contribution in [0.15, 0.2) is 30.0 Å². The molecular weight excluding hydrogens is 373 g/mol. The van der Waals surface area contributed by atoms with Crippen molar-refractivity contribution in [3.8, 4) is 0 Å². The van der Waals surface area contributed by atoms with Crippen LogP contribution in [-0.4, -0.2) is 65.1 Å². The van der Waals surface area contributed by atoms with E-state index in [4.69, 9.17) is 0 Å². The minimum absolute atomic E-state index is 0. The summed E-state index contributed by atoms with van der Waals surface area (Å²) in [6, 6.07) is 6.63. The Hall–Kier alpha value is -1.87. The smallest absolute Gasteiger partial charge is 0.543 e. The molecule has 2 saturated heterocycles. The number of benzene rings is 1. The summed E-state index contributed by atoms with van der Waals surface area (Å²) in [5, 5.41) is 21.5. The minimum atomic E-state index is -1.40. The number of anilines is 1. The Bertz CT molecular complexity index is 867. The van der Waals surface area contributed by atoms with E-state index in [1.165, 1.54) is 11.8 Å². The zero-order valence-electron chi connectivity index (χ0n) is 16.1. The Balaban J connectivity index is 0.00000225. The molecule has 1 aromatic rings. The molecule has 3 aliphatic rings. The maximum absolute atomic E-state index is 12.3. The van der Waals surface area contributed by atoms with Crippen LogP contribution in [0.1, 0.15) is 18.9 Å². The number of β-lactam (4-membered cyclic amide) rings is 1. The first-order chi connectivity index (χ1) is 12.8. The van der Waals surface area contributed by atoms with Crippen LogP contribution in [0.5, 0.6) is 0 Å². The van der Waals surface area contributed by atoms with Gasteiger partial charge in [-0.1, -0.05) is 12.1 Å². The molecular formula is C19H20N3NaO5. The number of aliphatic carboxylic acids is 1. The quantitative estimate of drug-likeness (QED) is 0.425. The zero-order valence-corrected chi connectivity index (χ0v) is 18.1. The fourth-order valence-electron chi connectivity index (χ4n) is 4.25. The first-order valence-electron chi connectivity index (χ1n) is 8.90. The molecule has 28 heavy (non-hydrogen) atoms. The van der Waals surface area contributed by atoms with E-state index >= 15 is 0 Å². The number of aliphatic hydroxyl groups is 1. The number of aliphatic hydroxyl groups excluding tert-OH is 1. The van der Waals surface area contributed by atoms with E-state index in [9.17, 15) is 24.6 Å². The molecule has 3 amide bonds. The largest absolute Gasteiger partial charge is 1.00 e. The number of hydrogen-bond donors (Lipinski definition) is 1. The fourth-order valence-corrected chi connectivity index (χ4v) is 4.25. The summed E-state index contributed by atoms with van der Waals surface area (Å²) in [4.78, 5) is 40.6. The van der Waals surface area contributed by atoms with E-state index in [1.54, 1.807) is 41.1 Å². The number of likely N-dealkylation sites (N-methyl/N-ethyl adjacent to an activating group) is 1. The SMILES string of the molecule is C[C@@H](O)[C@H]1C(=O)N2C(C(=O)[O-])=C(c3ccc(N4CCN(C)C4=O)cc3)C[C@H]12.[Na+]. The maximum atomic E-state index is 12.3. The van der Waals surface area contributed by atoms with Gasteiger partial charge in [0.1, 0.15) is 0 Å². The molecule has 4 rings (SSSR count). The average Bonchev–Trinajstić information content (AvgIpc) is 3.13. The van der Waals surface area contributed by atoms with Crippen molar-refractivity contribution in [2.75, 3.05) is 25.0 Å². The zero-order chi connectivity index (χ0) is 19.5. The van der Waals surface area contributed by atoms with E-state index in [0.29, 0.717) is 30.6 Å².